The lowest BCUT2D eigenvalue weighted by molar-refractivity contribution is 0.585. The van der Waals surface area contributed by atoms with E-state index < -0.39 is 10.0 Å². The Balaban J connectivity index is 3.88. The number of hydrogen-bond acceptors (Lipinski definition) is 3. The zero-order valence-corrected chi connectivity index (χ0v) is 11.1. The van der Waals surface area contributed by atoms with Gasteiger partial charge in [0, 0.05) is 19.6 Å². The Bertz CT molecular complexity index is 370. The first-order chi connectivity index (χ1) is 7.99. The number of terminal acetylenes is 1. The molecular formula is C10H20N4O2S. The summed E-state index contributed by atoms with van der Waals surface area (Å²) in [5.41, 5.74) is 0. The van der Waals surface area contributed by atoms with Gasteiger partial charge >= 0.3 is 0 Å². The van der Waals surface area contributed by atoms with Gasteiger partial charge in [-0.1, -0.05) is 5.92 Å². The second kappa shape index (κ2) is 8.84. The largest absolute Gasteiger partial charge is 0.357 e. The Morgan fingerprint density at radius 2 is 2.12 bits per heavy atom. The Morgan fingerprint density at radius 1 is 1.41 bits per heavy atom. The van der Waals surface area contributed by atoms with E-state index in [1.165, 1.54) is 0 Å². The molecule has 0 aromatic heterocycles. The van der Waals surface area contributed by atoms with Crippen LogP contribution in [0.5, 0.6) is 0 Å². The van der Waals surface area contributed by atoms with E-state index in [-0.39, 0.29) is 0 Å². The summed E-state index contributed by atoms with van der Waals surface area (Å²) in [5.74, 6) is 3.10. The van der Waals surface area contributed by atoms with Crippen molar-refractivity contribution in [2.75, 3.05) is 32.4 Å². The molecule has 3 N–H and O–H groups in total. The average Bonchev–Trinajstić information content (AvgIpc) is 2.23. The third kappa shape index (κ3) is 11.0. The molecule has 0 spiro atoms. The molecule has 6 nitrogen and oxygen atoms in total. The van der Waals surface area contributed by atoms with Crippen LogP contribution in [-0.2, 0) is 10.0 Å². The van der Waals surface area contributed by atoms with E-state index in [9.17, 15) is 8.42 Å². The molecule has 7 heteroatoms. The maximum atomic E-state index is 10.8. The fourth-order valence-corrected chi connectivity index (χ4v) is 1.52. The number of guanidine groups is 1. The molecule has 0 bridgehead atoms. The normalized spacial score (nSPS) is 11.9. The van der Waals surface area contributed by atoms with Crippen molar-refractivity contribution in [1.82, 2.24) is 15.4 Å². The molecule has 0 aromatic carbocycles. The standard InChI is InChI=1S/C10H20N4O2S/c1-4-7-12-10(11-5-2)13-8-6-9-14-17(3,15)16/h1,14H,5-9H2,2-3H3,(H2,11,12,13). The average molecular weight is 260 g/mol. The van der Waals surface area contributed by atoms with E-state index >= 15 is 0 Å². The second-order valence-electron chi connectivity index (χ2n) is 3.34. The van der Waals surface area contributed by atoms with E-state index in [1.807, 2.05) is 6.92 Å². The molecule has 0 saturated heterocycles. The van der Waals surface area contributed by atoms with Gasteiger partial charge in [0.25, 0.3) is 0 Å². The number of sulfonamides is 1. The fraction of sp³-hybridized carbons (Fsp3) is 0.700. The summed E-state index contributed by atoms with van der Waals surface area (Å²) >= 11 is 0. The van der Waals surface area contributed by atoms with E-state index in [0.717, 1.165) is 12.8 Å². The summed E-state index contributed by atoms with van der Waals surface area (Å²) in [6, 6.07) is 0. The van der Waals surface area contributed by atoms with E-state index in [4.69, 9.17) is 6.42 Å². The minimum absolute atomic E-state index is 0.386. The first kappa shape index (κ1) is 15.7. The van der Waals surface area contributed by atoms with Gasteiger partial charge in [-0.2, -0.15) is 0 Å². The molecule has 0 aromatic rings. The molecular weight excluding hydrogens is 240 g/mol. The van der Waals surface area contributed by atoms with Gasteiger partial charge < -0.3 is 10.6 Å². The number of nitrogens with one attached hydrogen (secondary N) is 3. The highest BCUT2D eigenvalue weighted by Crippen LogP contribution is 1.82. The number of hydrogen-bond donors (Lipinski definition) is 3. The summed E-state index contributed by atoms with van der Waals surface area (Å²) in [6.07, 6.45) is 6.90. The molecule has 0 radical (unpaired) electrons. The van der Waals surface area contributed by atoms with Gasteiger partial charge in [0.1, 0.15) is 0 Å². The Kier molecular flexibility index (Phi) is 8.19. The van der Waals surface area contributed by atoms with Crippen molar-refractivity contribution in [1.29, 1.82) is 0 Å². The molecule has 0 heterocycles. The molecule has 0 aliphatic heterocycles. The predicted octanol–water partition coefficient (Wildman–Crippen LogP) is -0.886. The van der Waals surface area contributed by atoms with Crippen LogP contribution in [0.1, 0.15) is 13.3 Å². The van der Waals surface area contributed by atoms with Crippen LogP contribution in [0.3, 0.4) is 0 Å². The van der Waals surface area contributed by atoms with Crippen LogP contribution in [-0.4, -0.2) is 46.8 Å². The third-order valence-corrected chi connectivity index (χ3v) is 2.40. The van der Waals surface area contributed by atoms with Gasteiger partial charge in [0.05, 0.1) is 12.8 Å². The zero-order chi connectivity index (χ0) is 13.1. The quantitative estimate of drug-likeness (QED) is 0.240. The fourth-order valence-electron chi connectivity index (χ4n) is 1.00. The highest BCUT2D eigenvalue weighted by molar-refractivity contribution is 7.88. The molecule has 0 aliphatic rings. The van der Waals surface area contributed by atoms with Crippen LogP contribution >= 0.6 is 0 Å². The van der Waals surface area contributed by atoms with Crippen molar-refractivity contribution in [3.05, 3.63) is 0 Å². The molecule has 0 atom stereocenters. The predicted molar refractivity (Wildman–Crippen MR) is 70.3 cm³/mol. The Morgan fingerprint density at radius 3 is 2.65 bits per heavy atom. The lowest BCUT2D eigenvalue weighted by atomic mass is 10.4. The summed E-state index contributed by atoms with van der Waals surface area (Å²) < 4.78 is 24.0. The third-order valence-electron chi connectivity index (χ3n) is 1.67. The van der Waals surface area contributed by atoms with Gasteiger partial charge in [0.2, 0.25) is 10.0 Å². The second-order valence-corrected chi connectivity index (χ2v) is 5.17. The summed E-state index contributed by atoms with van der Waals surface area (Å²) in [7, 11) is -3.11. The molecule has 98 valence electrons. The first-order valence-electron chi connectivity index (χ1n) is 5.40. The number of aliphatic imine (C=N–C) groups is 1. The van der Waals surface area contributed by atoms with Crippen molar-refractivity contribution in [3.63, 3.8) is 0 Å². The minimum Gasteiger partial charge on any atom is -0.357 e. The smallest absolute Gasteiger partial charge is 0.208 e. The van der Waals surface area contributed by atoms with E-state index in [2.05, 4.69) is 26.3 Å². The maximum absolute atomic E-state index is 10.8. The molecule has 0 fully saturated rings. The van der Waals surface area contributed by atoms with Crippen LogP contribution in [0, 0.1) is 12.3 Å². The Hall–Kier alpha value is -1.26. The summed E-state index contributed by atoms with van der Waals surface area (Å²) in [4.78, 5) is 4.23. The minimum atomic E-state index is -3.11. The summed E-state index contributed by atoms with van der Waals surface area (Å²) in [6.45, 7) is 4.03. The Labute approximate surface area is 103 Å². The molecule has 0 aliphatic carbocycles. The van der Waals surface area contributed by atoms with Crippen LogP contribution in [0.2, 0.25) is 0 Å². The topological polar surface area (TPSA) is 82.6 Å². The van der Waals surface area contributed by atoms with Gasteiger partial charge in [0.15, 0.2) is 5.96 Å². The molecule has 0 unspecified atom stereocenters. The van der Waals surface area contributed by atoms with Crippen molar-refractivity contribution in [2.45, 2.75) is 13.3 Å². The molecule has 0 saturated carbocycles. The summed E-state index contributed by atoms with van der Waals surface area (Å²) in [5, 5.41) is 5.97. The van der Waals surface area contributed by atoms with Gasteiger partial charge in [-0.15, -0.1) is 6.42 Å². The number of nitrogens with zero attached hydrogens (tertiary/aromatic N) is 1. The van der Waals surface area contributed by atoms with Gasteiger partial charge in [-0.3, -0.25) is 4.99 Å². The molecule has 0 amide bonds. The van der Waals surface area contributed by atoms with Crippen LogP contribution in [0.4, 0.5) is 0 Å². The SMILES string of the molecule is C#CCNC(=NCCCNS(C)(=O)=O)NCC. The van der Waals surface area contributed by atoms with Crippen LogP contribution < -0.4 is 15.4 Å². The van der Waals surface area contributed by atoms with Crippen LogP contribution in [0.15, 0.2) is 4.99 Å². The van der Waals surface area contributed by atoms with Gasteiger partial charge in [-0.25, -0.2) is 13.1 Å². The van der Waals surface area contributed by atoms with Crippen molar-refractivity contribution in [2.24, 2.45) is 4.99 Å². The highest BCUT2D eigenvalue weighted by Gasteiger charge is 1.98. The lowest BCUT2D eigenvalue weighted by Crippen LogP contribution is -2.37. The van der Waals surface area contributed by atoms with E-state index in [1.54, 1.807) is 0 Å². The molecule has 0 rings (SSSR count). The van der Waals surface area contributed by atoms with Crippen LogP contribution in [0.25, 0.3) is 0 Å². The monoisotopic (exact) mass is 260 g/mol. The van der Waals surface area contributed by atoms with E-state index in [0.29, 0.717) is 32.0 Å². The zero-order valence-electron chi connectivity index (χ0n) is 10.3. The van der Waals surface area contributed by atoms with Gasteiger partial charge in [-0.05, 0) is 13.3 Å². The van der Waals surface area contributed by atoms with Crippen molar-refractivity contribution < 1.29 is 8.42 Å². The highest BCUT2D eigenvalue weighted by atomic mass is 32.2. The molecule has 17 heavy (non-hydrogen) atoms. The number of rotatable bonds is 7. The van der Waals surface area contributed by atoms with Crippen molar-refractivity contribution in [3.8, 4) is 12.3 Å². The van der Waals surface area contributed by atoms with Crippen molar-refractivity contribution >= 4 is 16.0 Å². The first-order valence-corrected chi connectivity index (χ1v) is 7.29. The lowest BCUT2D eigenvalue weighted by Gasteiger charge is -2.08. The maximum Gasteiger partial charge on any atom is 0.208 e.